The van der Waals surface area contributed by atoms with Gasteiger partial charge in [0.1, 0.15) is 5.25 Å². The van der Waals surface area contributed by atoms with Crippen LogP contribution in [0.15, 0.2) is 70.6 Å². The molecule has 1 unspecified atom stereocenters. The van der Waals surface area contributed by atoms with E-state index >= 15 is 0 Å². The van der Waals surface area contributed by atoms with Crippen molar-refractivity contribution in [3.05, 3.63) is 82.1 Å². The summed E-state index contributed by atoms with van der Waals surface area (Å²) in [4.78, 5) is 48.8. The third kappa shape index (κ3) is 6.66. The number of β-amino-alcohol motifs (C(OH)–C–C–N with tert-alkyl or cyclic N) is 1. The van der Waals surface area contributed by atoms with Crippen molar-refractivity contribution >= 4 is 45.3 Å². The number of aliphatic hydroxyl groups excluding tert-OH is 1. The molecule has 10 nitrogen and oxygen atoms in total. The van der Waals surface area contributed by atoms with Gasteiger partial charge in [0, 0.05) is 52.4 Å². The SMILES string of the molecule is CCn1c(SC(C(=O)N2CC[C@H](O)C2)c2ccc(CNC(=O)CN3CCNCC3)cc2)nc2cc3ccccc3cc2c1=O. The van der Waals surface area contributed by atoms with Gasteiger partial charge >= 0.3 is 0 Å². The molecule has 1 aromatic heterocycles. The van der Waals surface area contributed by atoms with Crippen LogP contribution in [0.2, 0.25) is 0 Å². The predicted octanol–water partition coefficient (Wildman–Crippen LogP) is 2.52. The van der Waals surface area contributed by atoms with Gasteiger partial charge in [0.15, 0.2) is 5.16 Å². The molecule has 0 aliphatic carbocycles. The van der Waals surface area contributed by atoms with Crippen LogP contribution >= 0.6 is 11.8 Å². The Morgan fingerprint density at radius 1 is 1.07 bits per heavy atom. The van der Waals surface area contributed by atoms with Gasteiger partial charge in [-0.2, -0.15) is 0 Å². The maximum absolute atomic E-state index is 13.9. The summed E-state index contributed by atoms with van der Waals surface area (Å²) >= 11 is 1.27. The monoisotopic (exact) mass is 614 g/mol. The summed E-state index contributed by atoms with van der Waals surface area (Å²) in [6.45, 7) is 7.34. The lowest BCUT2D eigenvalue weighted by Gasteiger charge is -2.26. The Kier molecular flexibility index (Phi) is 9.27. The van der Waals surface area contributed by atoms with Gasteiger partial charge in [0.05, 0.1) is 23.6 Å². The number of benzene rings is 3. The number of carbonyl (C=O) groups is 2. The topological polar surface area (TPSA) is 120 Å². The van der Waals surface area contributed by atoms with E-state index < -0.39 is 11.4 Å². The van der Waals surface area contributed by atoms with Crippen LogP contribution in [0.4, 0.5) is 0 Å². The van der Waals surface area contributed by atoms with E-state index in [0.29, 0.717) is 48.7 Å². The standard InChI is InChI=1S/C33H38N6O4S/c1-2-39-31(42)27-17-24-5-3-4-6-25(24)18-28(27)36-33(39)44-30(32(43)38-14-11-26(40)20-38)23-9-7-22(8-10-23)19-35-29(41)21-37-15-12-34-13-16-37/h3-10,17-18,26,30,34,40H,2,11-16,19-21H2,1H3,(H,35,41)/t26-,30?/m0/s1. The van der Waals surface area contributed by atoms with Crippen LogP contribution in [-0.4, -0.2) is 88.2 Å². The van der Waals surface area contributed by atoms with Gasteiger partial charge in [-0.3, -0.25) is 23.9 Å². The first kappa shape index (κ1) is 30.3. The van der Waals surface area contributed by atoms with E-state index in [1.165, 1.54) is 11.8 Å². The molecule has 2 fully saturated rings. The number of nitrogens with zero attached hydrogens (tertiary/aromatic N) is 4. The number of amides is 2. The molecular formula is C33H38N6O4S. The van der Waals surface area contributed by atoms with Gasteiger partial charge in [0.2, 0.25) is 11.8 Å². The van der Waals surface area contributed by atoms with Gasteiger partial charge in [-0.15, -0.1) is 0 Å². The van der Waals surface area contributed by atoms with E-state index in [2.05, 4.69) is 15.5 Å². The van der Waals surface area contributed by atoms with Gasteiger partial charge in [-0.25, -0.2) is 4.98 Å². The zero-order valence-electron chi connectivity index (χ0n) is 24.9. The van der Waals surface area contributed by atoms with Gasteiger partial charge in [-0.05, 0) is 47.4 Å². The molecule has 3 aromatic carbocycles. The quantitative estimate of drug-likeness (QED) is 0.150. The van der Waals surface area contributed by atoms with Crippen LogP contribution in [0.25, 0.3) is 21.7 Å². The number of aromatic nitrogens is 2. The van der Waals surface area contributed by atoms with Crippen LogP contribution in [0.5, 0.6) is 0 Å². The van der Waals surface area contributed by atoms with Crippen molar-refractivity contribution in [2.24, 2.45) is 0 Å². The van der Waals surface area contributed by atoms with Crippen LogP contribution in [-0.2, 0) is 22.7 Å². The smallest absolute Gasteiger partial charge is 0.262 e. The Hall–Kier alpha value is -3.77. The Balaban J connectivity index is 1.26. The second-order valence-electron chi connectivity index (χ2n) is 11.4. The minimum Gasteiger partial charge on any atom is -0.391 e. The number of fused-ring (bicyclic) bond motifs is 2. The summed E-state index contributed by atoms with van der Waals surface area (Å²) in [6, 6.07) is 19.3. The molecule has 0 spiro atoms. The number of hydrogen-bond donors (Lipinski definition) is 3. The van der Waals surface area contributed by atoms with Crippen molar-refractivity contribution in [1.29, 1.82) is 0 Å². The fraction of sp³-hybridized carbons (Fsp3) is 0.394. The van der Waals surface area contributed by atoms with E-state index in [-0.39, 0.29) is 23.9 Å². The maximum Gasteiger partial charge on any atom is 0.262 e. The maximum atomic E-state index is 13.9. The predicted molar refractivity (Wildman–Crippen MR) is 173 cm³/mol. The Labute approximate surface area is 260 Å². The Morgan fingerprint density at radius 2 is 1.80 bits per heavy atom. The fourth-order valence-corrected chi connectivity index (χ4v) is 7.11. The lowest BCUT2D eigenvalue weighted by Crippen LogP contribution is -2.47. The number of piperazine rings is 1. The molecule has 4 aromatic rings. The van der Waals surface area contributed by atoms with Gasteiger partial charge < -0.3 is 20.6 Å². The third-order valence-electron chi connectivity index (χ3n) is 8.37. The summed E-state index contributed by atoms with van der Waals surface area (Å²) in [5.74, 6) is -0.140. The molecule has 2 saturated heterocycles. The number of rotatable bonds is 9. The highest BCUT2D eigenvalue weighted by Gasteiger charge is 2.33. The molecular weight excluding hydrogens is 576 g/mol. The van der Waals surface area contributed by atoms with E-state index in [0.717, 1.165) is 48.1 Å². The number of aliphatic hydroxyl groups is 1. The first-order valence-electron chi connectivity index (χ1n) is 15.2. The lowest BCUT2D eigenvalue weighted by molar-refractivity contribution is -0.130. The van der Waals surface area contributed by atoms with Gasteiger partial charge in [-0.1, -0.05) is 60.3 Å². The zero-order chi connectivity index (χ0) is 30.6. The van der Waals surface area contributed by atoms with Crippen LogP contribution in [0.1, 0.15) is 29.7 Å². The number of hydrogen-bond acceptors (Lipinski definition) is 8. The normalized spacial score (nSPS) is 18.1. The van der Waals surface area contributed by atoms with Crippen molar-refractivity contribution in [3.8, 4) is 0 Å². The van der Waals surface area contributed by atoms with Crippen LogP contribution in [0, 0.1) is 0 Å². The van der Waals surface area contributed by atoms with Crippen molar-refractivity contribution in [2.75, 3.05) is 45.8 Å². The van der Waals surface area contributed by atoms with E-state index in [9.17, 15) is 19.5 Å². The molecule has 2 aliphatic heterocycles. The minimum absolute atomic E-state index is 0.0140. The highest BCUT2D eigenvalue weighted by molar-refractivity contribution is 8.00. The first-order chi connectivity index (χ1) is 21.4. The summed E-state index contributed by atoms with van der Waals surface area (Å²) in [5, 5.41) is 18.8. The van der Waals surface area contributed by atoms with Crippen molar-refractivity contribution < 1.29 is 14.7 Å². The number of likely N-dealkylation sites (tertiary alicyclic amines) is 1. The molecule has 2 aliphatic rings. The largest absolute Gasteiger partial charge is 0.391 e. The van der Waals surface area contributed by atoms with Crippen molar-refractivity contribution in [3.63, 3.8) is 0 Å². The van der Waals surface area contributed by atoms with E-state index in [1.54, 1.807) is 9.47 Å². The molecule has 0 radical (unpaired) electrons. The van der Waals surface area contributed by atoms with Crippen molar-refractivity contribution in [2.45, 2.75) is 42.9 Å². The Bertz CT molecular complexity index is 1720. The highest BCUT2D eigenvalue weighted by atomic mass is 32.2. The molecule has 11 heteroatoms. The molecule has 6 rings (SSSR count). The zero-order valence-corrected chi connectivity index (χ0v) is 25.7. The average molecular weight is 615 g/mol. The van der Waals surface area contributed by atoms with Crippen LogP contribution < -0.4 is 16.2 Å². The first-order valence-corrected chi connectivity index (χ1v) is 16.1. The third-order valence-corrected chi connectivity index (χ3v) is 9.61. The highest BCUT2D eigenvalue weighted by Crippen LogP contribution is 2.37. The fourth-order valence-electron chi connectivity index (χ4n) is 5.87. The molecule has 2 atom stereocenters. The average Bonchev–Trinajstić information content (AvgIpc) is 3.48. The number of nitrogens with one attached hydrogen (secondary N) is 2. The molecule has 230 valence electrons. The molecule has 44 heavy (non-hydrogen) atoms. The number of thioether (sulfide) groups is 1. The number of carbonyl (C=O) groups excluding carboxylic acids is 2. The lowest BCUT2D eigenvalue weighted by atomic mass is 10.1. The van der Waals surface area contributed by atoms with E-state index in [1.807, 2.05) is 67.6 Å². The second-order valence-corrected chi connectivity index (χ2v) is 12.5. The van der Waals surface area contributed by atoms with Gasteiger partial charge in [0.25, 0.3) is 5.56 Å². The summed E-state index contributed by atoms with van der Waals surface area (Å²) in [7, 11) is 0. The molecule has 3 heterocycles. The molecule has 3 N–H and O–H groups in total. The van der Waals surface area contributed by atoms with Crippen molar-refractivity contribution in [1.82, 2.24) is 30.0 Å². The summed E-state index contributed by atoms with van der Waals surface area (Å²) in [6.07, 6.45) is -0.00545. The summed E-state index contributed by atoms with van der Waals surface area (Å²) in [5.41, 5.74) is 2.15. The molecule has 0 saturated carbocycles. The Morgan fingerprint density at radius 3 is 2.48 bits per heavy atom. The van der Waals surface area contributed by atoms with Crippen LogP contribution in [0.3, 0.4) is 0 Å². The molecule has 0 bridgehead atoms. The summed E-state index contributed by atoms with van der Waals surface area (Å²) < 4.78 is 1.63. The minimum atomic E-state index is -0.667. The second kappa shape index (κ2) is 13.5. The van der Waals surface area contributed by atoms with E-state index in [4.69, 9.17) is 4.98 Å². The molecule has 2 amide bonds.